The average molecular weight is 390 g/mol. The smallest absolute Gasteiger partial charge is 0.244 e. The Labute approximate surface area is 164 Å². The Kier molecular flexibility index (Phi) is 6.90. The maximum absolute atomic E-state index is 12.5. The van der Waals surface area contributed by atoms with Crippen LogP contribution in [0.5, 0.6) is 0 Å². The highest BCUT2D eigenvalue weighted by atomic mass is 35.5. The van der Waals surface area contributed by atoms with Crippen molar-refractivity contribution < 1.29 is 4.79 Å². The summed E-state index contributed by atoms with van der Waals surface area (Å²) in [6.07, 6.45) is 0.683. The van der Waals surface area contributed by atoms with Crippen molar-refractivity contribution in [2.75, 3.05) is 25.5 Å². The van der Waals surface area contributed by atoms with Crippen molar-refractivity contribution in [2.24, 2.45) is 0 Å². The average Bonchev–Trinajstić information content (AvgIpc) is 2.62. The minimum absolute atomic E-state index is 0.00959. The normalized spacial score (nSPS) is 11.5. The molecule has 1 atom stereocenters. The molecule has 0 spiro atoms. The first kappa shape index (κ1) is 20.1. The van der Waals surface area contributed by atoms with E-state index >= 15 is 0 Å². The van der Waals surface area contributed by atoms with E-state index in [0.717, 1.165) is 11.3 Å². The molecule has 6 heteroatoms. The maximum atomic E-state index is 12.5. The van der Waals surface area contributed by atoms with Crippen LogP contribution in [0.3, 0.4) is 0 Å². The van der Waals surface area contributed by atoms with Gasteiger partial charge in [-0.05, 0) is 43.2 Å². The van der Waals surface area contributed by atoms with E-state index in [9.17, 15) is 4.79 Å². The number of nitrogens with zero attached hydrogens (tertiary/aromatic N) is 3. The molecule has 0 aliphatic carbocycles. The standard InChI is InChI=1S/C20H21Cl2N3O/c1-14(20(26)24(2)3)25(11-10-15-6-4-5-7-18(15)21)17-9-8-16(13-23)19(22)12-17/h4-9,12,14H,10-11H2,1-3H3/t14-/m0/s1. The largest absolute Gasteiger partial charge is 0.359 e. The van der Waals surface area contributed by atoms with Crippen LogP contribution in [-0.2, 0) is 11.2 Å². The second kappa shape index (κ2) is 8.93. The molecule has 136 valence electrons. The summed E-state index contributed by atoms with van der Waals surface area (Å²) in [6, 6.07) is 14.6. The quantitative estimate of drug-likeness (QED) is 0.735. The van der Waals surface area contributed by atoms with Crippen molar-refractivity contribution in [3.05, 3.63) is 63.6 Å². The van der Waals surface area contributed by atoms with Crippen molar-refractivity contribution in [3.8, 4) is 6.07 Å². The lowest BCUT2D eigenvalue weighted by atomic mass is 10.1. The zero-order valence-corrected chi connectivity index (χ0v) is 16.6. The molecule has 0 heterocycles. The molecule has 0 fully saturated rings. The van der Waals surface area contributed by atoms with Crippen molar-refractivity contribution >= 4 is 34.8 Å². The SMILES string of the molecule is C[C@@H](C(=O)N(C)C)N(CCc1ccccc1Cl)c1ccc(C#N)c(Cl)c1. The number of amides is 1. The first-order chi connectivity index (χ1) is 12.3. The highest BCUT2D eigenvalue weighted by Crippen LogP contribution is 2.26. The van der Waals surface area contributed by atoms with Gasteiger partial charge in [-0.2, -0.15) is 5.26 Å². The Morgan fingerprint density at radius 3 is 2.42 bits per heavy atom. The van der Waals surface area contributed by atoms with Crippen LogP contribution in [0.4, 0.5) is 5.69 Å². The number of likely N-dealkylation sites (N-methyl/N-ethyl adjacent to an activating group) is 1. The third-order valence-electron chi connectivity index (χ3n) is 4.25. The molecule has 0 unspecified atom stereocenters. The van der Waals surface area contributed by atoms with Crippen LogP contribution in [-0.4, -0.2) is 37.5 Å². The first-order valence-electron chi connectivity index (χ1n) is 8.26. The fourth-order valence-electron chi connectivity index (χ4n) is 2.77. The molecule has 1 amide bonds. The minimum atomic E-state index is -0.378. The van der Waals surface area contributed by atoms with E-state index < -0.39 is 0 Å². The van der Waals surface area contributed by atoms with Crippen LogP contribution < -0.4 is 4.90 Å². The lowest BCUT2D eigenvalue weighted by Gasteiger charge is -2.32. The lowest BCUT2D eigenvalue weighted by molar-refractivity contribution is -0.129. The van der Waals surface area contributed by atoms with Crippen LogP contribution in [0, 0.1) is 11.3 Å². The van der Waals surface area contributed by atoms with Crippen molar-refractivity contribution in [1.82, 2.24) is 4.90 Å². The Balaban J connectivity index is 2.33. The van der Waals surface area contributed by atoms with Gasteiger partial charge in [-0.1, -0.05) is 41.4 Å². The fraction of sp³-hybridized carbons (Fsp3) is 0.300. The minimum Gasteiger partial charge on any atom is -0.359 e. The van der Waals surface area contributed by atoms with E-state index in [4.69, 9.17) is 28.5 Å². The number of benzene rings is 2. The molecule has 2 aromatic rings. The van der Waals surface area contributed by atoms with E-state index in [0.29, 0.717) is 28.6 Å². The van der Waals surface area contributed by atoms with Crippen LogP contribution in [0.15, 0.2) is 42.5 Å². The number of halogens is 2. The lowest BCUT2D eigenvalue weighted by Crippen LogP contribution is -2.45. The summed E-state index contributed by atoms with van der Waals surface area (Å²) >= 11 is 12.5. The van der Waals surface area contributed by atoms with E-state index in [1.165, 1.54) is 0 Å². The Morgan fingerprint density at radius 2 is 1.85 bits per heavy atom. The predicted molar refractivity (Wildman–Crippen MR) is 107 cm³/mol. The molecule has 2 aromatic carbocycles. The predicted octanol–water partition coefficient (Wildman–Crippen LogP) is 4.39. The Bertz CT molecular complexity index is 830. The van der Waals surface area contributed by atoms with E-state index in [1.54, 1.807) is 31.1 Å². The van der Waals surface area contributed by atoms with Crippen molar-refractivity contribution in [3.63, 3.8) is 0 Å². The molecule has 0 saturated heterocycles. The molecular weight excluding hydrogens is 369 g/mol. The van der Waals surface area contributed by atoms with Gasteiger partial charge in [-0.25, -0.2) is 0 Å². The van der Waals surface area contributed by atoms with Crippen molar-refractivity contribution in [2.45, 2.75) is 19.4 Å². The van der Waals surface area contributed by atoms with Crippen LogP contribution in [0.25, 0.3) is 0 Å². The molecule has 0 saturated carbocycles. The van der Waals surface area contributed by atoms with Gasteiger partial charge in [0, 0.05) is 31.4 Å². The van der Waals surface area contributed by atoms with Gasteiger partial charge in [0.2, 0.25) is 5.91 Å². The molecule has 0 aliphatic heterocycles. The summed E-state index contributed by atoms with van der Waals surface area (Å²) in [4.78, 5) is 16.1. The number of anilines is 1. The number of nitriles is 1. The molecule has 0 bridgehead atoms. The van der Waals surface area contributed by atoms with Gasteiger partial charge in [-0.15, -0.1) is 0 Å². The molecule has 0 radical (unpaired) electrons. The van der Waals surface area contributed by atoms with Gasteiger partial charge in [0.1, 0.15) is 12.1 Å². The number of hydrogen-bond acceptors (Lipinski definition) is 3. The van der Waals surface area contributed by atoms with Crippen LogP contribution in [0.2, 0.25) is 10.0 Å². The molecular formula is C20H21Cl2N3O. The molecule has 0 N–H and O–H groups in total. The Morgan fingerprint density at radius 1 is 1.15 bits per heavy atom. The van der Waals surface area contributed by atoms with Gasteiger partial charge >= 0.3 is 0 Å². The number of carbonyl (C=O) groups is 1. The van der Waals surface area contributed by atoms with Gasteiger partial charge < -0.3 is 9.80 Å². The molecule has 4 nitrogen and oxygen atoms in total. The monoisotopic (exact) mass is 389 g/mol. The summed E-state index contributed by atoms with van der Waals surface area (Å²) in [7, 11) is 3.47. The third kappa shape index (κ3) is 4.69. The van der Waals surface area contributed by atoms with Gasteiger partial charge in [-0.3, -0.25) is 4.79 Å². The fourth-order valence-corrected chi connectivity index (χ4v) is 3.22. The maximum Gasteiger partial charge on any atom is 0.244 e. The zero-order valence-electron chi connectivity index (χ0n) is 15.0. The highest BCUT2D eigenvalue weighted by Gasteiger charge is 2.23. The third-order valence-corrected chi connectivity index (χ3v) is 4.93. The highest BCUT2D eigenvalue weighted by molar-refractivity contribution is 6.32. The molecule has 26 heavy (non-hydrogen) atoms. The zero-order chi connectivity index (χ0) is 19.3. The molecule has 0 aliphatic rings. The topological polar surface area (TPSA) is 47.3 Å². The summed E-state index contributed by atoms with van der Waals surface area (Å²) < 4.78 is 0. The number of carbonyl (C=O) groups excluding carboxylic acids is 1. The van der Waals surface area contributed by atoms with Gasteiger partial charge in [0.25, 0.3) is 0 Å². The number of rotatable bonds is 6. The first-order valence-corrected chi connectivity index (χ1v) is 9.01. The van der Waals surface area contributed by atoms with E-state index in [1.807, 2.05) is 42.2 Å². The van der Waals surface area contributed by atoms with Crippen LogP contribution in [0.1, 0.15) is 18.1 Å². The van der Waals surface area contributed by atoms with E-state index in [-0.39, 0.29) is 11.9 Å². The van der Waals surface area contributed by atoms with Gasteiger partial charge in [0.05, 0.1) is 10.6 Å². The molecule has 0 aromatic heterocycles. The Hall–Kier alpha value is -2.22. The van der Waals surface area contributed by atoms with E-state index in [2.05, 4.69) is 6.07 Å². The van der Waals surface area contributed by atoms with Crippen LogP contribution >= 0.6 is 23.2 Å². The second-order valence-electron chi connectivity index (χ2n) is 6.22. The number of hydrogen-bond donors (Lipinski definition) is 0. The summed E-state index contributed by atoms with van der Waals surface area (Å²) in [6.45, 7) is 2.45. The molecule has 2 rings (SSSR count). The van der Waals surface area contributed by atoms with Crippen molar-refractivity contribution in [1.29, 1.82) is 5.26 Å². The second-order valence-corrected chi connectivity index (χ2v) is 7.03. The summed E-state index contributed by atoms with van der Waals surface area (Å²) in [5.41, 5.74) is 2.22. The van der Waals surface area contributed by atoms with Gasteiger partial charge in [0.15, 0.2) is 0 Å². The summed E-state index contributed by atoms with van der Waals surface area (Å²) in [5.74, 6) is -0.00959. The summed E-state index contributed by atoms with van der Waals surface area (Å²) in [5, 5.41) is 10.2.